The predicted octanol–water partition coefficient (Wildman–Crippen LogP) is 4.35. The number of pyridine rings is 1. The highest BCUT2D eigenvalue weighted by atomic mass is 15.1. The molecule has 3 heterocycles. The summed E-state index contributed by atoms with van der Waals surface area (Å²) in [7, 11) is 2.12. The van der Waals surface area contributed by atoms with Crippen LogP contribution in [0.3, 0.4) is 0 Å². The molecule has 4 aromatic rings. The summed E-state index contributed by atoms with van der Waals surface area (Å²) in [6.07, 6.45) is 3.12. The molecule has 0 amide bonds. The van der Waals surface area contributed by atoms with Crippen LogP contribution in [0.4, 0.5) is 0 Å². The Balaban J connectivity index is 1.75. The fraction of sp³-hybridized carbons (Fsp3) is 0.217. The van der Waals surface area contributed by atoms with Crippen LogP contribution in [-0.2, 0) is 13.5 Å². The summed E-state index contributed by atoms with van der Waals surface area (Å²) >= 11 is 0. The first-order chi connectivity index (χ1) is 12.5. The highest BCUT2D eigenvalue weighted by molar-refractivity contribution is 5.86. The van der Waals surface area contributed by atoms with Crippen LogP contribution in [0, 0.1) is 20.8 Å². The van der Waals surface area contributed by atoms with E-state index in [0.717, 1.165) is 17.8 Å². The van der Waals surface area contributed by atoms with Gasteiger partial charge < -0.3 is 0 Å². The van der Waals surface area contributed by atoms with Gasteiger partial charge in [0.15, 0.2) is 6.20 Å². The first kappa shape index (κ1) is 15.3. The lowest BCUT2D eigenvalue weighted by Crippen LogP contribution is -2.31. The summed E-state index contributed by atoms with van der Waals surface area (Å²) in [5.74, 6) is 1.14. The molecule has 0 unspecified atom stereocenters. The smallest absolute Gasteiger partial charge is 0.212 e. The van der Waals surface area contributed by atoms with Crippen molar-refractivity contribution in [2.75, 3.05) is 0 Å². The van der Waals surface area contributed by atoms with E-state index in [2.05, 4.69) is 85.6 Å². The number of hydrogen-bond acceptors (Lipinski definition) is 1. The minimum atomic E-state index is 0.913. The van der Waals surface area contributed by atoms with Gasteiger partial charge in [0.2, 0.25) is 5.69 Å². The Hall–Kier alpha value is -2.94. The van der Waals surface area contributed by atoms with E-state index in [0.29, 0.717) is 0 Å². The highest BCUT2D eigenvalue weighted by Gasteiger charge is 2.24. The summed E-state index contributed by atoms with van der Waals surface area (Å²) < 4.78 is 4.54. The topological polar surface area (TPSA) is 21.7 Å². The third-order valence-corrected chi connectivity index (χ3v) is 5.67. The molecule has 0 N–H and O–H groups in total. The minimum absolute atomic E-state index is 0.913. The Morgan fingerprint density at radius 1 is 0.962 bits per heavy atom. The number of para-hydroxylation sites is 1. The molecule has 3 nitrogen and oxygen atoms in total. The lowest BCUT2D eigenvalue weighted by atomic mass is 10.0. The van der Waals surface area contributed by atoms with Gasteiger partial charge in [0.25, 0.3) is 0 Å². The van der Waals surface area contributed by atoms with Gasteiger partial charge in [-0.05, 0) is 55.7 Å². The number of fused-ring (bicyclic) bond motifs is 5. The van der Waals surface area contributed by atoms with Crippen LogP contribution in [0.1, 0.15) is 28.1 Å². The van der Waals surface area contributed by atoms with Crippen molar-refractivity contribution in [1.29, 1.82) is 0 Å². The summed E-state index contributed by atoms with van der Waals surface area (Å²) in [5, 5.41) is 0. The number of rotatable bonds is 1. The van der Waals surface area contributed by atoms with Gasteiger partial charge in [-0.2, -0.15) is 0 Å². The molecule has 0 bridgehead atoms. The van der Waals surface area contributed by atoms with Gasteiger partial charge in [-0.3, -0.25) is 4.57 Å². The van der Waals surface area contributed by atoms with E-state index in [1.165, 1.54) is 44.7 Å². The van der Waals surface area contributed by atoms with Gasteiger partial charge in [0.05, 0.1) is 22.3 Å². The molecule has 0 aliphatic carbocycles. The average molecular weight is 340 g/mol. The molecule has 2 aromatic carbocycles. The van der Waals surface area contributed by atoms with Gasteiger partial charge in [-0.25, -0.2) is 9.55 Å². The Kier molecular flexibility index (Phi) is 3.11. The zero-order valence-electron chi connectivity index (χ0n) is 15.7. The third kappa shape index (κ3) is 2.07. The van der Waals surface area contributed by atoms with Crippen molar-refractivity contribution in [1.82, 2.24) is 9.55 Å². The normalized spacial score (nSPS) is 12.5. The van der Waals surface area contributed by atoms with E-state index >= 15 is 0 Å². The monoisotopic (exact) mass is 340 g/mol. The quantitative estimate of drug-likeness (QED) is 0.416. The van der Waals surface area contributed by atoms with Crippen molar-refractivity contribution in [3.63, 3.8) is 0 Å². The number of aryl methyl sites for hydroxylation is 4. The Labute approximate surface area is 153 Å². The van der Waals surface area contributed by atoms with E-state index in [1.54, 1.807) is 0 Å². The first-order valence-corrected chi connectivity index (χ1v) is 9.10. The van der Waals surface area contributed by atoms with Crippen molar-refractivity contribution < 1.29 is 4.57 Å². The van der Waals surface area contributed by atoms with Gasteiger partial charge in [0, 0.05) is 18.1 Å². The average Bonchev–Trinajstić information content (AvgIpc) is 3.13. The van der Waals surface area contributed by atoms with Crippen LogP contribution < -0.4 is 4.57 Å². The molecule has 5 rings (SSSR count). The van der Waals surface area contributed by atoms with E-state index in [-0.39, 0.29) is 0 Å². The Morgan fingerprint density at radius 3 is 2.62 bits per heavy atom. The Bertz CT molecular complexity index is 1200. The van der Waals surface area contributed by atoms with Crippen LogP contribution in [0.5, 0.6) is 0 Å². The van der Waals surface area contributed by atoms with Crippen molar-refractivity contribution in [2.24, 2.45) is 7.05 Å². The van der Waals surface area contributed by atoms with E-state index in [9.17, 15) is 0 Å². The predicted molar refractivity (Wildman–Crippen MR) is 105 cm³/mol. The molecule has 1 aliphatic heterocycles. The van der Waals surface area contributed by atoms with Crippen LogP contribution in [0.25, 0.3) is 28.0 Å². The maximum Gasteiger partial charge on any atom is 0.212 e. The fourth-order valence-electron chi connectivity index (χ4n) is 4.14. The SMILES string of the molecule is Cc1cc(-c2cc3nc4n(c3cc2C)-c2ccccc2C4)[n+](C)cc1C. The van der Waals surface area contributed by atoms with Gasteiger partial charge in [-0.1, -0.05) is 18.2 Å². The van der Waals surface area contributed by atoms with Crippen LogP contribution >= 0.6 is 0 Å². The lowest BCUT2D eigenvalue weighted by Gasteiger charge is -2.09. The molecule has 0 saturated carbocycles. The first-order valence-electron chi connectivity index (χ1n) is 9.10. The largest absolute Gasteiger partial charge is 0.296 e. The third-order valence-electron chi connectivity index (χ3n) is 5.67. The van der Waals surface area contributed by atoms with Crippen LogP contribution in [0.2, 0.25) is 0 Å². The number of aromatic nitrogens is 3. The fourth-order valence-corrected chi connectivity index (χ4v) is 4.14. The minimum Gasteiger partial charge on any atom is -0.296 e. The molecule has 26 heavy (non-hydrogen) atoms. The molecule has 3 heteroatoms. The molecule has 0 radical (unpaired) electrons. The summed E-state index contributed by atoms with van der Waals surface area (Å²) in [5.41, 5.74) is 11.3. The van der Waals surface area contributed by atoms with E-state index < -0.39 is 0 Å². The van der Waals surface area contributed by atoms with Crippen molar-refractivity contribution in [2.45, 2.75) is 27.2 Å². The molecule has 0 fully saturated rings. The number of hydrogen-bond donors (Lipinski definition) is 0. The molecule has 1 aliphatic rings. The van der Waals surface area contributed by atoms with Crippen molar-refractivity contribution >= 4 is 11.0 Å². The zero-order chi connectivity index (χ0) is 18.0. The van der Waals surface area contributed by atoms with Gasteiger partial charge in [0.1, 0.15) is 12.9 Å². The lowest BCUT2D eigenvalue weighted by molar-refractivity contribution is -0.660. The highest BCUT2D eigenvalue weighted by Crippen LogP contribution is 2.34. The van der Waals surface area contributed by atoms with Crippen molar-refractivity contribution in [3.8, 4) is 16.9 Å². The second kappa shape index (κ2) is 5.28. The van der Waals surface area contributed by atoms with Crippen LogP contribution in [0.15, 0.2) is 48.7 Å². The molecule has 0 atom stereocenters. The second-order valence-corrected chi connectivity index (χ2v) is 7.46. The molecular formula is C23H22N3+. The zero-order valence-corrected chi connectivity index (χ0v) is 15.7. The van der Waals surface area contributed by atoms with Gasteiger partial charge >= 0.3 is 0 Å². The number of nitrogens with zero attached hydrogens (tertiary/aromatic N) is 3. The van der Waals surface area contributed by atoms with Gasteiger partial charge in [-0.15, -0.1) is 0 Å². The summed E-state index contributed by atoms with van der Waals surface area (Å²) in [4.78, 5) is 4.96. The summed E-state index contributed by atoms with van der Waals surface area (Å²) in [6, 6.07) is 15.4. The van der Waals surface area contributed by atoms with E-state index in [1.807, 2.05) is 0 Å². The molecule has 128 valence electrons. The molecule has 0 spiro atoms. The second-order valence-electron chi connectivity index (χ2n) is 7.46. The standard InChI is InChI=1S/C23H22N3/c1-14-9-21(25(4)13-16(14)3)18-12-19-22(10-15(18)2)26-20-8-6-5-7-17(20)11-23(26)24-19/h5-10,12-13H,11H2,1-4H3/q+1. The number of imidazole rings is 1. The maximum atomic E-state index is 4.96. The van der Waals surface area contributed by atoms with Crippen LogP contribution in [-0.4, -0.2) is 9.55 Å². The molecule has 0 saturated heterocycles. The Morgan fingerprint density at radius 2 is 1.77 bits per heavy atom. The van der Waals surface area contributed by atoms with Crippen molar-refractivity contribution in [3.05, 3.63) is 76.7 Å². The summed E-state index contributed by atoms with van der Waals surface area (Å²) in [6.45, 7) is 6.53. The number of benzene rings is 2. The molecule has 2 aromatic heterocycles. The maximum absolute atomic E-state index is 4.96. The molecular weight excluding hydrogens is 318 g/mol. The van der Waals surface area contributed by atoms with E-state index in [4.69, 9.17) is 4.98 Å².